The Morgan fingerprint density at radius 1 is 1.12 bits per heavy atom. The second-order valence-electron chi connectivity index (χ2n) is 7.03. The third-order valence-electron chi connectivity index (χ3n) is 5.14. The topological polar surface area (TPSA) is 58.4 Å². The summed E-state index contributed by atoms with van der Waals surface area (Å²) in [7, 11) is 0. The van der Waals surface area contributed by atoms with Crippen LogP contribution in [0.5, 0.6) is 0 Å². The molecule has 6 heteroatoms. The predicted molar refractivity (Wildman–Crippen MR) is 103 cm³/mol. The van der Waals surface area contributed by atoms with Gasteiger partial charge in [-0.3, -0.25) is 0 Å². The normalized spacial score (nSPS) is 17.8. The van der Waals surface area contributed by atoms with Crippen molar-refractivity contribution in [2.45, 2.75) is 26.2 Å². The molecule has 26 heavy (non-hydrogen) atoms. The average Bonchev–Trinajstić information content (AvgIpc) is 3.31. The maximum Gasteiger partial charge on any atom is 0.178 e. The lowest BCUT2D eigenvalue weighted by Crippen LogP contribution is -2.25. The molecule has 0 radical (unpaired) electrons. The molecule has 1 fully saturated rings. The average molecular weight is 350 g/mol. The summed E-state index contributed by atoms with van der Waals surface area (Å²) in [5.41, 5.74) is 2.23. The fraction of sp³-hybridized carbons (Fsp3) is 0.450. The van der Waals surface area contributed by atoms with Gasteiger partial charge in [-0.05, 0) is 43.0 Å². The van der Waals surface area contributed by atoms with E-state index in [1.54, 1.807) is 0 Å². The van der Waals surface area contributed by atoms with E-state index in [-0.39, 0.29) is 0 Å². The third-order valence-corrected chi connectivity index (χ3v) is 5.14. The first kappa shape index (κ1) is 17.0. The van der Waals surface area contributed by atoms with Gasteiger partial charge in [-0.15, -0.1) is 15.3 Å². The molecule has 4 rings (SSSR count). The molecular formula is C20H26N6. The van der Waals surface area contributed by atoms with Gasteiger partial charge in [0.15, 0.2) is 11.5 Å². The first-order valence-corrected chi connectivity index (χ1v) is 9.53. The fourth-order valence-electron chi connectivity index (χ4n) is 3.61. The number of hydrogen-bond acceptors (Lipinski definition) is 5. The maximum absolute atomic E-state index is 4.63. The van der Waals surface area contributed by atoms with Gasteiger partial charge in [-0.25, -0.2) is 0 Å². The van der Waals surface area contributed by atoms with E-state index in [2.05, 4.69) is 62.8 Å². The lowest BCUT2D eigenvalue weighted by atomic mass is 10.1. The van der Waals surface area contributed by atoms with Crippen molar-refractivity contribution in [2.75, 3.05) is 31.5 Å². The second kappa shape index (κ2) is 7.83. The van der Waals surface area contributed by atoms with Crippen LogP contribution in [-0.4, -0.2) is 50.9 Å². The maximum atomic E-state index is 4.63. The SMILES string of the molecule is CCc1nnc2ccc(NC[C@@H]3CCN(CCc4ccccc4)C3)nn12. The van der Waals surface area contributed by atoms with E-state index >= 15 is 0 Å². The van der Waals surface area contributed by atoms with Gasteiger partial charge in [0.2, 0.25) is 0 Å². The van der Waals surface area contributed by atoms with Crippen molar-refractivity contribution >= 4 is 11.5 Å². The third kappa shape index (κ3) is 3.85. The zero-order valence-electron chi connectivity index (χ0n) is 15.3. The largest absolute Gasteiger partial charge is 0.368 e. The number of benzene rings is 1. The molecule has 1 aliphatic rings. The standard InChI is InChI=1S/C20H26N6/c1-2-19-22-23-20-9-8-18(24-26(19)20)21-14-17-11-13-25(15-17)12-10-16-6-4-3-5-7-16/h3-9,17H,2,10-15H2,1H3,(H,21,24)/t17-/m0/s1. The lowest BCUT2D eigenvalue weighted by molar-refractivity contribution is 0.330. The van der Waals surface area contributed by atoms with Crippen molar-refractivity contribution in [3.05, 3.63) is 53.9 Å². The molecule has 1 saturated heterocycles. The molecule has 3 aromatic rings. The van der Waals surface area contributed by atoms with Crippen molar-refractivity contribution < 1.29 is 0 Å². The summed E-state index contributed by atoms with van der Waals surface area (Å²) < 4.78 is 1.84. The van der Waals surface area contributed by atoms with E-state index in [0.29, 0.717) is 5.92 Å². The van der Waals surface area contributed by atoms with Crippen molar-refractivity contribution in [1.29, 1.82) is 0 Å². The molecule has 0 aliphatic carbocycles. The Balaban J connectivity index is 1.27. The minimum atomic E-state index is 0.676. The Kier molecular flexibility index (Phi) is 5.11. The van der Waals surface area contributed by atoms with Crippen LogP contribution in [0, 0.1) is 5.92 Å². The molecule has 0 unspecified atom stereocenters. The summed E-state index contributed by atoms with van der Waals surface area (Å²) in [6.45, 7) is 6.53. The zero-order valence-corrected chi connectivity index (χ0v) is 15.3. The van der Waals surface area contributed by atoms with Crippen molar-refractivity contribution in [3.8, 4) is 0 Å². The summed E-state index contributed by atoms with van der Waals surface area (Å²) in [5, 5.41) is 16.4. The highest BCUT2D eigenvalue weighted by Gasteiger charge is 2.22. The van der Waals surface area contributed by atoms with Crippen LogP contribution >= 0.6 is 0 Å². The molecule has 0 amide bonds. The minimum Gasteiger partial charge on any atom is -0.368 e. The predicted octanol–water partition coefficient (Wildman–Crippen LogP) is 2.66. The van der Waals surface area contributed by atoms with E-state index in [1.165, 1.54) is 18.5 Å². The van der Waals surface area contributed by atoms with Crippen LogP contribution in [0.3, 0.4) is 0 Å². The number of anilines is 1. The molecule has 1 N–H and O–H groups in total. The smallest absolute Gasteiger partial charge is 0.178 e. The van der Waals surface area contributed by atoms with Crippen LogP contribution in [0.15, 0.2) is 42.5 Å². The van der Waals surface area contributed by atoms with E-state index in [1.807, 2.05) is 16.6 Å². The molecule has 136 valence electrons. The number of rotatable bonds is 7. The van der Waals surface area contributed by atoms with Crippen molar-refractivity contribution in [2.24, 2.45) is 5.92 Å². The van der Waals surface area contributed by atoms with E-state index < -0.39 is 0 Å². The van der Waals surface area contributed by atoms with Crippen molar-refractivity contribution in [1.82, 2.24) is 24.7 Å². The monoisotopic (exact) mass is 350 g/mol. The van der Waals surface area contributed by atoms with Crippen LogP contribution in [0.1, 0.15) is 24.7 Å². The Hall–Kier alpha value is -2.47. The van der Waals surface area contributed by atoms with Gasteiger partial charge in [-0.1, -0.05) is 37.3 Å². The molecule has 0 spiro atoms. The van der Waals surface area contributed by atoms with E-state index in [0.717, 1.165) is 49.8 Å². The minimum absolute atomic E-state index is 0.676. The summed E-state index contributed by atoms with van der Waals surface area (Å²) in [6, 6.07) is 14.7. The van der Waals surface area contributed by atoms with Crippen LogP contribution in [0.4, 0.5) is 5.82 Å². The molecule has 6 nitrogen and oxygen atoms in total. The van der Waals surface area contributed by atoms with Gasteiger partial charge < -0.3 is 10.2 Å². The van der Waals surface area contributed by atoms with Crippen LogP contribution in [0.2, 0.25) is 0 Å². The summed E-state index contributed by atoms with van der Waals surface area (Å²) in [4.78, 5) is 2.57. The summed E-state index contributed by atoms with van der Waals surface area (Å²) in [6.07, 6.45) is 3.21. The van der Waals surface area contributed by atoms with Gasteiger partial charge >= 0.3 is 0 Å². The van der Waals surface area contributed by atoms with Crippen molar-refractivity contribution in [3.63, 3.8) is 0 Å². The highest BCUT2D eigenvalue weighted by Crippen LogP contribution is 2.18. The number of fused-ring (bicyclic) bond motifs is 1. The highest BCUT2D eigenvalue weighted by atomic mass is 15.4. The molecular weight excluding hydrogens is 324 g/mol. The van der Waals surface area contributed by atoms with E-state index in [4.69, 9.17) is 0 Å². The molecule has 0 saturated carbocycles. The molecule has 2 aromatic heterocycles. The van der Waals surface area contributed by atoms with Crippen LogP contribution in [0.25, 0.3) is 5.65 Å². The zero-order chi connectivity index (χ0) is 17.8. The first-order valence-electron chi connectivity index (χ1n) is 9.53. The Morgan fingerprint density at radius 3 is 2.85 bits per heavy atom. The molecule has 0 bridgehead atoms. The molecule has 1 aromatic carbocycles. The quantitative estimate of drug-likeness (QED) is 0.710. The van der Waals surface area contributed by atoms with Crippen LogP contribution < -0.4 is 5.32 Å². The van der Waals surface area contributed by atoms with Gasteiger partial charge in [0.25, 0.3) is 0 Å². The van der Waals surface area contributed by atoms with Gasteiger partial charge in [-0.2, -0.15) is 4.52 Å². The number of aryl methyl sites for hydroxylation is 1. The second-order valence-corrected chi connectivity index (χ2v) is 7.03. The number of likely N-dealkylation sites (tertiary alicyclic amines) is 1. The number of nitrogens with zero attached hydrogens (tertiary/aromatic N) is 5. The summed E-state index contributed by atoms with van der Waals surface area (Å²) in [5.74, 6) is 2.47. The lowest BCUT2D eigenvalue weighted by Gasteiger charge is -2.16. The Morgan fingerprint density at radius 2 is 2.00 bits per heavy atom. The van der Waals surface area contributed by atoms with Gasteiger partial charge in [0.1, 0.15) is 5.82 Å². The number of aromatic nitrogens is 4. The molecule has 1 aliphatic heterocycles. The number of hydrogen-bond donors (Lipinski definition) is 1. The Labute approximate surface area is 154 Å². The fourth-order valence-corrected chi connectivity index (χ4v) is 3.61. The summed E-state index contributed by atoms with van der Waals surface area (Å²) >= 11 is 0. The van der Waals surface area contributed by atoms with Gasteiger partial charge in [0, 0.05) is 26.1 Å². The molecule has 1 atom stereocenters. The highest BCUT2D eigenvalue weighted by molar-refractivity contribution is 5.44. The van der Waals surface area contributed by atoms with Crippen LogP contribution in [-0.2, 0) is 12.8 Å². The van der Waals surface area contributed by atoms with E-state index in [9.17, 15) is 0 Å². The first-order chi connectivity index (χ1) is 12.8. The Bertz CT molecular complexity index is 844. The molecule has 3 heterocycles. The van der Waals surface area contributed by atoms with Gasteiger partial charge in [0.05, 0.1) is 0 Å². The number of nitrogens with one attached hydrogen (secondary N) is 1.